The minimum Gasteiger partial charge on any atom is -0.735 e. The Morgan fingerprint density at radius 1 is 0.459 bits per heavy atom. The van der Waals surface area contributed by atoms with E-state index in [1.165, 1.54) is 4.72 Å². The maximum atomic E-state index is 12.6. The number of methoxy groups -OCH3 is 2. The number of carboxylic acids is 2. The van der Waals surface area contributed by atoms with E-state index in [2.05, 4.69) is 16.7 Å². The summed E-state index contributed by atoms with van der Waals surface area (Å²) in [6.45, 7) is -3.47. The van der Waals surface area contributed by atoms with Crippen molar-refractivity contribution in [3.05, 3.63) is 0 Å². The van der Waals surface area contributed by atoms with Crippen LogP contribution in [0.4, 0.5) is 0 Å². The molecule has 4 heterocycles. The normalized spacial score (nSPS) is 37.9. The van der Waals surface area contributed by atoms with Crippen molar-refractivity contribution in [1.82, 2.24) is 9.44 Å². The lowest BCUT2D eigenvalue weighted by Crippen LogP contribution is -2.71. The van der Waals surface area contributed by atoms with Crippen molar-refractivity contribution in [2.75, 3.05) is 27.4 Å². The maximum absolute atomic E-state index is 12.6. The minimum absolute atomic E-state index is 0. The van der Waals surface area contributed by atoms with Crippen molar-refractivity contribution in [2.45, 2.75) is 130 Å². The second kappa shape index (κ2) is 25.2. The van der Waals surface area contributed by atoms with E-state index in [1.807, 2.05) is 0 Å². The molecule has 436 valence electrons. The number of carbonyl (C=O) groups excluding carboxylic acids is 2. The molecule has 74 heavy (non-hydrogen) atoms. The van der Waals surface area contributed by atoms with E-state index in [0.29, 0.717) is 14.2 Å². The Morgan fingerprint density at radius 2 is 0.878 bits per heavy atom. The molecule has 8 unspecified atom stereocenters. The molecule has 4 fully saturated rings. The number of hydrogen-bond acceptors (Lipinski definition) is 39. The number of hydrogen-bond donors (Lipinski definition) is 6. The smallest absolute Gasteiger partial charge is 0.218 e. The van der Waals surface area contributed by atoms with Gasteiger partial charge in [0.15, 0.2) is 51.9 Å². The van der Waals surface area contributed by atoms with Gasteiger partial charge in [0.25, 0.3) is 0 Å². The average molecular weight is 1210 g/mol. The summed E-state index contributed by atoms with van der Waals surface area (Å²) in [5, 5.41) is 69.2. The van der Waals surface area contributed by atoms with E-state index in [4.69, 9.17) is 42.6 Å². The first kappa shape index (κ1) is 65.9. The Morgan fingerprint density at radius 3 is 1.32 bits per heavy atom. The van der Waals surface area contributed by atoms with E-state index in [-0.39, 0.29) is 7.43 Å². The maximum Gasteiger partial charge on any atom is 0.218 e. The van der Waals surface area contributed by atoms with E-state index in [9.17, 15) is 118 Å². The van der Waals surface area contributed by atoms with Crippen molar-refractivity contribution >= 4 is 74.1 Å². The molecule has 0 aromatic carbocycles. The lowest BCUT2D eigenvalue weighted by Gasteiger charge is -2.51. The predicted molar refractivity (Wildman–Crippen MR) is 202 cm³/mol. The summed E-state index contributed by atoms with van der Waals surface area (Å²) in [6, 6.07) is -5.49. The number of aliphatic carboxylic acids is 2. The van der Waals surface area contributed by atoms with Crippen molar-refractivity contribution < 1.29 is 177 Å². The third-order valence-corrected chi connectivity index (χ3v) is 12.9. The van der Waals surface area contributed by atoms with Gasteiger partial charge >= 0.3 is 0 Å². The third kappa shape index (κ3) is 18.4. The molecule has 47 heteroatoms. The zero-order valence-corrected chi connectivity index (χ0v) is 40.4. The van der Waals surface area contributed by atoms with Crippen molar-refractivity contribution in [3.63, 3.8) is 0 Å². The Kier molecular flexibility index (Phi) is 22.4. The van der Waals surface area contributed by atoms with E-state index in [0.717, 1.165) is 4.72 Å². The van der Waals surface area contributed by atoms with Gasteiger partial charge in [-0.05, 0) is 0 Å². The van der Waals surface area contributed by atoms with Crippen molar-refractivity contribution in [1.29, 1.82) is 0 Å². The number of carboxylic acid groups (broad SMARTS) is 2. The molecule has 41 nitrogen and oxygen atoms in total. The first-order valence-electron chi connectivity index (χ1n) is 18.9. The third-order valence-electron chi connectivity index (χ3n) is 10.00. The molecule has 4 saturated heterocycles. The van der Waals surface area contributed by atoms with Crippen molar-refractivity contribution in [3.8, 4) is 0 Å². The molecule has 4 rings (SSSR count). The standard InChI is InChI=1S/C26H44N2O39S6.CH4/c1-55-16-12(32)18(67-73(52,53)54)26(65-19(16)21(33)34)61-13-5(3-57-70(43,44)45)60-24(7(9(13)29)27-68(37,38)39)63-17-10(30)11(31)25(64-20(17)22(35)36)62-14-6(4-58-71(46,47)48)59-23(56-2)8(28-69(40,41)42)15(14)66-72(49,50)51;/h5-20,23-32H,3-4H2,1-2H3,(H,33,34)(H,35,36)(H,37,38,39)(H,40,41,42)(H,43,44,45)(H,46,47,48)(H,49,50,51)(H,52,53,54);1H4/p-8/t5?,6?,7?,8?,9-,10-,11?,12+,13+,14+,15-,16-,17-,18?,19?,20?,23-,24+,25-,26-;/m1./s1. The molecule has 0 saturated carbocycles. The lowest BCUT2D eigenvalue weighted by atomic mass is 9.94. The Labute approximate surface area is 417 Å². The van der Waals surface area contributed by atoms with Gasteiger partial charge in [0.2, 0.25) is 41.6 Å². The molecule has 0 aliphatic carbocycles. The van der Waals surface area contributed by atoms with Gasteiger partial charge in [-0.1, -0.05) is 7.43 Å². The highest BCUT2D eigenvalue weighted by Crippen LogP contribution is 2.37. The van der Waals surface area contributed by atoms with Crippen LogP contribution in [-0.4, -0.2) is 260 Å². The summed E-state index contributed by atoms with van der Waals surface area (Å²) in [7, 11) is -34.4. The van der Waals surface area contributed by atoms with Crippen molar-refractivity contribution in [2.24, 2.45) is 0 Å². The fourth-order valence-corrected chi connectivity index (χ4v) is 10.0. The highest BCUT2D eigenvalue weighted by Gasteiger charge is 2.58. The van der Waals surface area contributed by atoms with Crippen LogP contribution < -0.4 is 19.7 Å². The number of ether oxygens (including phenoxy) is 9. The van der Waals surface area contributed by atoms with Gasteiger partial charge < -0.3 is 110 Å². The van der Waals surface area contributed by atoms with Crippen LogP contribution in [0.2, 0.25) is 0 Å². The molecule has 6 N–H and O–H groups in total. The zero-order valence-electron chi connectivity index (χ0n) is 35.5. The quantitative estimate of drug-likeness (QED) is 0.0386. The van der Waals surface area contributed by atoms with Crippen LogP contribution in [0.1, 0.15) is 7.43 Å². The summed E-state index contributed by atoms with van der Waals surface area (Å²) in [5.74, 6) is -4.90. The number of carbonyl (C=O) groups is 2. The second-order valence-electron chi connectivity index (χ2n) is 14.8. The van der Waals surface area contributed by atoms with Gasteiger partial charge in [0, 0.05) is 14.2 Å². The van der Waals surface area contributed by atoms with Gasteiger partial charge in [-0.2, -0.15) is 0 Å². The molecule has 0 bridgehead atoms. The van der Waals surface area contributed by atoms with Gasteiger partial charge in [0.1, 0.15) is 91.4 Å². The van der Waals surface area contributed by atoms with Crippen LogP contribution in [0, 0.1) is 0 Å². The van der Waals surface area contributed by atoms with Crippen LogP contribution >= 0.6 is 0 Å². The molecule has 4 aliphatic rings. The zero-order chi connectivity index (χ0) is 55.7. The first-order chi connectivity index (χ1) is 33.1. The highest BCUT2D eigenvalue weighted by molar-refractivity contribution is 7.84. The molecule has 4 aliphatic heterocycles. The second-order valence-corrected chi connectivity index (χ2v) is 21.2. The number of aliphatic hydroxyl groups excluding tert-OH is 4. The summed E-state index contributed by atoms with van der Waals surface area (Å²) >= 11 is 0. The van der Waals surface area contributed by atoms with Crippen LogP contribution in [-0.2, 0) is 131 Å². The van der Waals surface area contributed by atoms with Gasteiger partial charge in [0.05, 0.1) is 25.2 Å². The Bertz CT molecular complexity index is 2620. The number of rotatable bonds is 24. The Hall–Kier alpha value is -2.36. The van der Waals surface area contributed by atoms with Crippen LogP contribution in [0.25, 0.3) is 0 Å². The molecule has 0 spiro atoms. The SMILES string of the molecule is C.CO[C@@H]1OC(COS(=O)(=O)[O-])[C@H](O[C@@H]2OC(C(=O)[O-])[C@H](O[C@@H]3OC(COS(=O)(=O)[O-])[C@H](O[C@@H]4OC(C(=O)[O-])[C@H](OC)[C@H](O)C4OS(=O)(=O)[O-])[C@H](O)C3NS(=O)(=O)[O-])[C@H](O)C2O)[C@H](OS(=O)(=O)[O-])C1NS(=O)(=O)[O-]. The molecule has 0 radical (unpaired) electrons. The predicted octanol–water partition coefficient (Wildman–Crippen LogP) is -14.2. The molecule has 0 aromatic heterocycles. The fraction of sp³-hybridized carbons (Fsp3) is 0.926. The molecule has 0 aromatic rings. The van der Waals surface area contributed by atoms with Gasteiger partial charge in [-0.3, -0.25) is 16.7 Å². The topological polar surface area (TPSA) is 648 Å². The monoisotopic (exact) mass is 1210 g/mol. The Balaban J connectivity index is 0.0000144. The molecular formula is C27H40N2O39S6-8. The van der Waals surface area contributed by atoms with E-state index >= 15 is 0 Å². The summed E-state index contributed by atoms with van der Waals surface area (Å²) in [4.78, 5) is 24.5. The van der Waals surface area contributed by atoms with Gasteiger partial charge in [-0.25, -0.2) is 60.0 Å². The minimum atomic E-state index is -6.17. The van der Waals surface area contributed by atoms with E-state index in [1.54, 1.807) is 0 Å². The van der Waals surface area contributed by atoms with E-state index < -0.39 is 210 Å². The van der Waals surface area contributed by atoms with Gasteiger partial charge in [-0.15, -0.1) is 0 Å². The highest BCUT2D eigenvalue weighted by atomic mass is 32.3. The molecule has 0 amide bonds. The van der Waals surface area contributed by atoms with Crippen LogP contribution in [0.5, 0.6) is 0 Å². The summed E-state index contributed by atoms with van der Waals surface area (Å²) in [5.41, 5.74) is 0. The number of aliphatic hydroxyl groups is 4. The largest absolute Gasteiger partial charge is 0.735 e. The lowest BCUT2D eigenvalue weighted by molar-refractivity contribution is -0.386. The average Bonchev–Trinajstić information content (AvgIpc) is 3.21. The molecule has 20 atom stereocenters. The summed E-state index contributed by atoms with van der Waals surface area (Å²) in [6.07, 6.45) is -49.7. The van der Waals surface area contributed by atoms with Crippen LogP contribution in [0.3, 0.4) is 0 Å². The first-order valence-corrected chi connectivity index (χ1v) is 27.0. The number of nitrogens with one attached hydrogen (secondary N) is 2. The fourth-order valence-electron chi connectivity index (χ4n) is 7.26. The molecular weight excluding hydrogens is 1170 g/mol. The van der Waals surface area contributed by atoms with Crippen LogP contribution in [0.15, 0.2) is 0 Å². The summed E-state index contributed by atoms with van der Waals surface area (Å²) < 4.78 is 275.